The molecule has 0 fully saturated rings. The number of carboxylic acids is 6. The number of benzene rings is 5. The van der Waals surface area contributed by atoms with Crippen molar-refractivity contribution < 1.29 is 132 Å². The predicted molar refractivity (Wildman–Crippen MR) is 474 cm³/mol. The van der Waals surface area contributed by atoms with Gasteiger partial charge in [0, 0.05) is 51.4 Å². The molecule has 0 radical (unpaired) electrons. The lowest BCUT2D eigenvalue weighted by molar-refractivity contribution is -0.148. The molecule has 0 aliphatic heterocycles. The Morgan fingerprint density at radius 3 is 0.902 bits per heavy atom. The monoisotopic (exact) mass is 1850 g/mol. The molecule has 0 aliphatic carbocycles. The van der Waals surface area contributed by atoms with Crippen molar-refractivity contribution >= 4 is 119 Å². The van der Waals surface area contributed by atoms with Crippen molar-refractivity contribution in [1.29, 1.82) is 0 Å². The standard InChI is InChI=1S/C90H118N16O27/c1-5-50(4)76(106-87(129)65(46-55-29-31-56(107)32-30-55)99-77(119)57(92)42-51-20-10-6-11-21-51)89(131)103-64(44-53-24-14-8-15-25-53)84(126)101-66(45-54-26-16-9-17-27-54)86(128)105-75(49(2)3)88(130)98-62(36-40-72(113)114)82(124)100-63(43-52-22-12-7-13-23-52)83(125)97-59(33-37-69(93)108)79(121)94-58(28-18-19-41-91)78(120)95-60(34-38-70(109)110)80(122)96-61(35-39-71(111)112)81(123)102-67(47-73(115)116)85(127)104-68(90(132)133)48-74(117)118/h6-17,20-27,29-32,49-50,57-68,75-76,107H,5,18-19,28,33-48,91-92H2,1-4H3,(H2,93,108)(H,94,121)(H,95,120)(H,96,122)(H,97,125)(H,98,130)(H,99,119)(H,100,124)(H,101,126)(H,102,123)(H,103,131)(H,104,127)(H,105,128)(H,106,129)(H,109,110)(H,111,112)(H,113,114)(H,115,116)(H,117,118)(H,132,133)/t50-,57-,58-,59-,60-,61-,62-,63-,64-,65-,66-,67-,68-,75-,76-/m0/s1. The van der Waals surface area contributed by atoms with E-state index in [0.717, 1.165) is 5.56 Å². The Hall–Kier alpha value is -14.8. The number of hydrogen-bond acceptors (Lipinski definition) is 23. The molecule has 0 aliphatic rings. The number of carbonyl (C=O) groups is 20. The van der Waals surface area contributed by atoms with Gasteiger partial charge in [0.2, 0.25) is 82.7 Å². The van der Waals surface area contributed by atoms with Crippen LogP contribution in [-0.2, 0) is 128 Å². The number of carbonyl (C=O) groups excluding carboxylic acids is 14. The maximum Gasteiger partial charge on any atom is 0.326 e. The van der Waals surface area contributed by atoms with E-state index in [9.17, 15) is 122 Å². The van der Waals surface area contributed by atoms with Crippen LogP contribution in [0, 0.1) is 11.8 Å². The minimum absolute atomic E-state index is 0.00383. The Morgan fingerprint density at radius 2 is 0.564 bits per heavy atom. The van der Waals surface area contributed by atoms with Gasteiger partial charge < -0.3 is 122 Å². The lowest BCUT2D eigenvalue weighted by Gasteiger charge is -2.30. The van der Waals surface area contributed by atoms with Crippen LogP contribution in [-0.4, -0.2) is 245 Å². The van der Waals surface area contributed by atoms with Crippen LogP contribution in [0.5, 0.6) is 5.75 Å². The summed E-state index contributed by atoms with van der Waals surface area (Å²) in [5, 5.41) is 99.5. The van der Waals surface area contributed by atoms with Gasteiger partial charge in [0.05, 0.1) is 18.9 Å². The van der Waals surface area contributed by atoms with E-state index in [0.29, 0.717) is 28.7 Å². The third kappa shape index (κ3) is 39.6. The summed E-state index contributed by atoms with van der Waals surface area (Å²) in [6.45, 7) is 6.46. The van der Waals surface area contributed by atoms with E-state index in [1.54, 1.807) is 140 Å². The van der Waals surface area contributed by atoms with Gasteiger partial charge in [-0.15, -0.1) is 0 Å². The van der Waals surface area contributed by atoms with Crippen LogP contribution in [0.3, 0.4) is 0 Å². The fourth-order valence-electron chi connectivity index (χ4n) is 13.6. The van der Waals surface area contributed by atoms with Gasteiger partial charge in [-0.1, -0.05) is 168 Å². The number of hydrogen-bond donors (Lipinski definition) is 23. The van der Waals surface area contributed by atoms with E-state index in [-0.39, 0.29) is 57.2 Å². The second kappa shape index (κ2) is 56.0. The highest BCUT2D eigenvalue weighted by molar-refractivity contribution is 6.01. The number of aromatic hydroxyl groups is 1. The number of phenolic OH excluding ortho intramolecular Hbond substituents is 1. The Bertz CT molecular complexity index is 4830. The summed E-state index contributed by atoms with van der Waals surface area (Å²) in [5.74, 6) is -27.3. The first-order chi connectivity index (χ1) is 63.0. The maximum atomic E-state index is 15.2. The molecule has 0 spiro atoms. The van der Waals surface area contributed by atoms with Gasteiger partial charge in [0.15, 0.2) is 0 Å². The number of phenols is 1. The van der Waals surface area contributed by atoms with Crippen LogP contribution in [0.4, 0.5) is 0 Å². The Labute approximate surface area is 765 Å². The molecular formula is C90H118N16O27. The highest BCUT2D eigenvalue weighted by atomic mass is 16.4. The third-order valence-corrected chi connectivity index (χ3v) is 21.2. The van der Waals surface area contributed by atoms with Crippen LogP contribution >= 0.6 is 0 Å². The minimum atomic E-state index is -2.22. The van der Waals surface area contributed by atoms with Gasteiger partial charge in [-0.2, -0.15) is 0 Å². The van der Waals surface area contributed by atoms with Crippen LogP contribution in [0.1, 0.15) is 145 Å². The molecule has 5 rings (SSSR count). The number of nitrogens with one attached hydrogen (secondary N) is 13. The predicted octanol–water partition coefficient (Wildman–Crippen LogP) is -1.74. The van der Waals surface area contributed by atoms with Gasteiger partial charge in [0.25, 0.3) is 0 Å². The molecule has 26 N–H and O–H groups in total. The average Bonchev–Trinajstić information content (AvgIpc) is 0.823. The molecule has 0 aromatic heterocycles. The number of unbranched alkanes of at least 4 members (excludes halogenated alkanes) is 1. The highest BCUT2D eigenvalue weighted by Crippen LogP contribution is 2.19. The first kappa shape index (κ1) is 109. The van der Waals surface area contributed by atoms with Crippen molar-refractivity contribution in [2.75, 3.05) is 6.54 Å². The first-order valence-electron chi connectivity index (χ1n) is 43.0. The van der Waals surface area contributed by atoms with Crippen molar-refractivity contribution in [3.8, 4) is 5.75 Å². The molecule has 5 aromatic carbocycles. The molecular weight excluding hydrogens is 1740 g/mol. The van der Waals surface area contributed by atoms with Crippen molar-refractivity contribution in [3.63, 3.8) is 0 Å². The van der Waals surface area contributed by atoms with Gasteiger partial charge >= 0.3 is 35.8 Å². The molecule has 720 valence electrons. The van der Waals surface area contributed by atoms with E-state index in [2.05, 4.69) is 58.5 Å². The number of rotatable bonds is 60. The number of aliphatic carboxylic acids is 6. The largest absolute Gasteiger partial charge is 0.508 e. The smallest absolute Gasteiger partial charge is 0.326 e. The molecule has 43 heteroatoms. The van der Waals surface area contributed by atoms with E-state index < -0.39 is 286 Å². The first-order valence-corrected chi connectivity index (χ1v) is 43.0. The van der Waals surface area contributed by atoms with E-state index >= 15 is 9.59 Å². The number of primary amides is 1. The van der Waals surface area contributed by atoms with E-state index in [1.165, 1.54) is 38.1 Å². The summed E-state index contributed by atoms with van der Waals surface area (Å²) in [7, 11) is 0. The number of amides is 14. The van der Waals surface area contributed by atoms with Gasteiger partial charge in [0.1, 0.15) is 84.3 Å². The second-order valence-corrected chi connectivity index (χ2v) is 32.1. The Balaban J connectivity index is 1.45. The van der Waals surface area contributed by atoms with Crippen LogP contribution in [0.2, 0.25) is 0 Å². The van der Waals surface area contributed by atoms with Crippen molar-refractivity contribution in [3.05, 3.63) is 173 Å². The molecule has 0 unspecified atom stereocenters. The summed E-state index contributed by atoms with van der Waals surface area (Å²) in [6, 6.07) is 14.9. The highest BCUT2D eigenvalue weighted by Gasteiger charge is 2.41. The molecule has 0 saturated carbocycles. The zero-order valence-corrected chi connectivity index (χ0v) is 73.8. The van der Waals surface area contributed by atoms with E-state index in [4.69, 9.17) is 17.2 Å². The lowest BCUT2D eigenvalue weighted by atomic mass is 9.96. The van der Waals surface area contributed by atoms with Crippen molar-refractivity contribution in [1.82, 2.24) is 69.1 Å². The SMILES string of the molecule is CC[C@H](C)[C@H](NC(=O)[C@H](Cc1ccc(O)cc1)NC(=O)[C@@H](N)Cc1ccccc1)C(=O)N[C@@H](Cc1ccccc1)C(=O)N[C@@H](Cc1ccccc1)C(=O)N[C@H](C(=O)N[C@@H](CCC(=O)O)C(=O)N[C@@H](Cc1ccccc1)C(=O)N[C@@H](CCC(N)=O)C(=O)N[C@@H](CCCCN)C(=O)N[C@@H](CCC(=O)O)C(=O)N[C@@H](CCC(=O)O)C(=O)N[C@@H](CC(=O)O)C(=O)N[C@@H](CC(=O)O)C(=O)O)C(C)C. The van der Waals surface area contributed by atoms with Gasteiger partial charge in [-0.25, -0.2) is 4.79 Å². The molecule has 0 heterocycles. The van der Waals surface area contributed by atoms with Crippen LogP contribution in [0.15, 0.2) is 146 Å². The third-order valence-electron chi connectivity index (χ3n) is 21.2. The molecule has 43 nitrogen and oxygen atoms in total. The van der Waals surface area contributed by atoms with E-state index in [1.807, 2.05) is 5.32 Å². The summed E-state index contributed by atoms with van der Waals surface area (Å²) >= 11 is 0. The quantitative estimate of drug-likeness (QED) is 0.0192. The summed E-state index contributed by atoms with van der Waals surface area (Å²) < 4.78 is 0. The molecule has 14 amide bonds. The molecule has 0 saturated heterocycles. The fourth-order valence-corrected chi connectivity index (χ4v) is 13.6. The zero-order valence-electron chi connectivity index (χ0n) is 73.8. The number of nitrogens with two attached hydrogens (primary N) is 3. The zero-order chi connectivity index (χ0) is 98.6. The van der Waals surface area contributed by atoms with Crippen molar-refractivity contribution in [2.45, 2.75) is 234 Å². The van der Waals surface area contributed by atoms with Gasteiger partial charge in [-0.05, 0) is 110 Å². The van der Waals surface area contributed by atoms with Crippen LogP contribution < -0.4 is 86.3 Å². The molecule has 15 atom stereocenters. The molecule has 133 heavy (non-hydrogen) atoms. The topological polar surface area (TPSA) is 717 Å². The van der Waals surface area contributed by atoms with Crippen LogP contribution in [0.25, 0.3) is 0 Å². The van der Waals surface area contributed by atoms with Gasteiger partial charge in [-0.3, -0.25) is 91.1 Å². The summed E-state index contributed by atoms with van der Waals surface area (Å²) in [6.07, 6.45) is -9.58. The second-order valence-electron chi connectivity index (χ2n) is 32.1. The fraction of sp³-hybridized carbons (Fsp3) is 0.444. The Kier molecular flexibility index (Phi) is 45.7. The average molecular weight is 1860 g/mol. The Morgan fingerprint density at radius 1 is 0.293 bits per heavy atom. The maximum absolute atomic E-state index is 15.2. The molecule has 0 bridgehead atoms. The normalized spacial score (nSPS) is 14.4. The lowest BCUT2D eigenvalue weighted by Crippen LogP contribution is -2.62. The summed E-state index contributed by atoms with van der Waals surface area (Å²) in [4.78, 5) is 273. The van der Waals surface area contributed by atoms with Crippen molar-refractivity contribution in [2.24, 2.45) is 29.0 Å². The summed E-state index contributed by atoms with van der Waals surface area (Å²) in [5.41, 5.74) is 20.3. The number of carboxylic acid groups (broad SMARTS) is 6. The minimum Gasteiger partial charge on any atom is -0.508 e. The molecule has 5 aromatic rings.